The number of rotatable bonds is 8. The first-order chi connectivity index (χ1) is 8.54. The molecule has 0 spiro atoms. The molecule has 0 amide bonds. The van der Waals surface area contributed by atoms with Crippen molar-refractivity contribution in [2.75, 3.05) is 40.0 Å². The Balaban J connectivity index is 2.43. The molecule has 1 aliphatic rings. The maximum atomic E-state index is 9.54. The van der Waals surface area contributed by atoms with Crippen LogP contribution >= 0.6 is 0 Å². The zero-order chi connectivity index (χ0) is 13.6. The van der Waals surface area contributed by atoms with Crippen molar-refractivity contribution in [2.45, 2.75) is 45.2 Å². The fourth-order valence-electron chi connectivity index (χ4n) is 3.04. The van der Waals surface area contributed by atoms with E-state index in [0.29, 0.717) is 12.0 Å². The van der Waals surface area contributed by atoms with Crippen molar-refractivity contribution in [2.24, 2.45) is 5.92 Å². The molecule has 1 fully saturated rings. The molecule has 4 nitrogen and oxygen atoms in total. The summed E-state index contributed by atoms with van der Waals surface area (Å²) in [6.07, 6.45) is 2.21. The minimum atomic E-state index is -0.159. The van der Waals surface area contributed by atoms with Gasteiger partial charge in [-0.1, -0.05) is 6.92 Å². The molecule has 0 aromatic rings. The Kier molecular flexibility index (Phi) is 6.57. The minimum Gasteiger partial charge on any atom is -0.394 e. The molecular formula is C14H30N2O2. The fraction of sp³-hybridized carbons (Fsp3) is 1.00. The van der Waals surface area contributed by atoms with E-state index in [1.807, 2.05) is 0 Å². The average molecular weight is 258 g/mol. The van der Waals surface area contributed by atoms with Gasteiger partial charge in [-0.05, 0) is 45.7 Å². The Bertz CT molecular complexity index is 238. The molecule has 0 aromatic carbocycles. The van der Waals surface area contributed by atoms with E-state index in [9.17, 15) is 5.11 Å². The number of methoxy groups -OCH3 is 1. The summed E-state index contributed by atoms with van der Waals surface area (Å²) in [6.45, 7) is 10.7. The molecule has 108 valence electrons. The summed E-state index contributed by atoms with van der Waals surface area (Å²) in [5.41, 5.74) is -0.159. The highest BCUT2D eigenvalue weighted by molar-refractivity contribution is 4.89. The number of hydrogen-bond acceptors (Lipinski definition) is 4. The predicted octanol–water partition coefficient (Wildman–Crippen LogP) is 1.09. The van der Waals surface area contributed by atoms with Crippen LogP contribution in [0.5, 0.6) is 0 Å². The Hall–Kier alpha value is -0.160. The third kappa shape index (κ3) is 4.50. The van der Waals surface area contributed by atoms with E-state index in [4.69, 9.17) is 4.74 Å². The number of hydrogen-bond donors (Lipinski definition) is 2. The van der Waals surface area contributed by atoms with Gasteiger partial charge >= 0.3 is 0 Å². The third-order valence-corrected chi connectivity index (χ3v) is 4.04. The molecule has 4 heteroatoms. The molecule has 1 heterocycles. The number of nitrogens with zero attached hydrogens (tertiary/aromatic N) is 1. The van der Waals surface area contributed by atoms with E-state index in [2.05, 4.69) is 31.0 Å². The van der Waals surface area contributed by atoms with Crippen molar-refractivity contribution in [3.8, 4) is 0 Å². The zero-order valence-corrected chi connectivity index (χ0v) is 12.4. The first-order valence-corrected chi connectivity index (χ1v) is 7.13. The largest absolute Gasteiger partial charge is 0.394 e. The summed E-state index contributed by atoms with van der Waals surface area (Å²) in [7, 11) is 1.78. The molecule has 2 N–H and O–H groups in total. The van der Waals surface area contributed by atoms with Crippen LogP contribution in [0.25, 0.3) is 0 Å². The van der Waals surface area contributed by atoms with Gasteiger partial charge in [-0.2, -0.15) is 0 Å². The Labute approximate surface area is 112 Å². The molecule has 1 rings (SSSR count). The third-order valence-electron chi connectivity index (χ3n) is 4.04. The minimum absolute atomic E-state index is 0.159. The van der Waals surface area contributed by atoms with Crippen LogP contribution < -0.4 is 5.32 Å². The predicted molar refractivity (Wildman–Crippen MR) is 74.8 cm³/mol. The van der Waals surface area contributed by atoms with Crippen molar-refractivity contribution >= 4 is 0 Å². The molecular weight excluding hydrogens is 228 g/mol. The lowest BCUT2D eigenvalue weighted by Gasteiger charge is -2.35. The van der Waals surface area contributed by atoms with Gasteiger partial charge in [0.2, 0.25) is 0 Å². The van der Waals surface area contributed by atoms with Crippen LogP contribution in [0.3, 0.4) is 0 Å². The normalized spacial score (nSPS) is 26.2. The first kappa shape index (κ1) is 15.9. The highest BCUT2D eigenvalue weighted by atomic mass is 16.5. The number of likely N-dealkylation sites (N-methyl/N-ethyl adjacent to an activating group) is 1. The van der Waals surface area contributed by atoms with E-state index < -0.39 is 0 Å². The summed E-state index contributed by atoms with van der Waals surface area (Å²) in [5, 5.41) is 12.9. The smallest absolute Gasteiger partial charge is 0.0611 e. The lowest BCUT2D eigenvalue weighted by Crippen LogP contribution is -2.50. The van der Waals surface area contributed by atoms with E-state index in [1.54, 1.807) is 7.11 Å². The Morgan fingerprint density at radius 3 is 2.83 bits per heavy atom. The second-order valence-electron chi connectivity index (χ2n) is 5.91. The molecule has 3 atom stereocenters. The quantitative estimate of drug-likeness (QED) is 0.684. The molecule has 0 aromatic heterocycles. The van der Waals surface area contributed by atoms with Crippen LogP contribution in [0.15, 0.2) is 0 Å². The number of likely N-dealkylation sites (tertiary alicyclic amines) is 1. The summed E-state index contributed by atoms with van der Waals surface area (Å²) in [4.78, 5) is 2.52. The maximum Gasteiger partial charge on any atom is 0.0611 e. The summed E-state index contributed by atoms with van der Waals surface area (Å²) in [6, 6.07) is 0.503. The van der Waals surface area contributed by atoms with Crippen molar-refractivity contribution in [3.63, 3.8) is 0 Å². The van der Waals surface area contributed by atoms with Crippen molar-refractivity contribution in [3.05, 3.63) is 0 Å². The lowest BCUT2D eigenvalue weighted by atomic mass is 9.94. The van der Waals surface area contributed by atoms with Gasteiger partial charge in [-0.15, -0.1) is 0 Å². The van der Waals surface area contributed by atoms with Crippen LogP contribution in [-0.2, 0) is 4.74 Å². The van der Waals surface area contributed by atoms with Gasteiger partial charge < -0.3 is 20.1 Å². The topological polar surface area (TPSA) is 44.7 Å². The van der Waals surface area contributed by atoms with E-state index in [1.165, 1.54) is 6.42 Å². The standard InChI is InChI=1S/C14H30N2O2/c1-5-15-14(3,11-17)8-12(2)16-7-6-13(9-16)10-18-4/h12-13,15,17H,5-11H2,1-4H3. The van der Waals surface area contributed by atoms with Crippen molar-refractivity contribution < 1.29 is 9.84 Å². The molecule has 0 bridgehead atoms. The van der Waals surface area contributed by atoms with Gasteiger partial charge in [0, 0.05) is 25.2 Å². The summed E-state index contributed by atoms with van der Waals surface area (Å²) in [5.74, 6) is 0.678. The van der Waals surface area contributed by atoms with E-state index in [-0.39, 0.29) is 12.1 Å². The Morgan fingerprint density at radius 1 is 1.56 bits per heavy atom. The van der Waals surface area contributed by atoms with Crippen molar-refractivity contribution in [1.29, 1.82) is 0 Å². The van der Waals surface area contributed by atoms with Gasteiger partial charge in [0.1, 0.15) is 0 Å². The SMILES string of the molecule is CCNC(C)(CO)CC(C)N1CCC(COC)C1. The van der Waals surface area contributed by atoms with Gasteiger partial charge in [0.15, 0.2) is 0 Å². The molecule has 18 heavy (non-hydrogen) atoms. The molecule has 0 radical (unpaired) electrons. The van der Waals surface area contributed by atoms with Crippen LogP contribution in [-0.4, -0.2) is 61.5 Å². The number of aliphatic hydroxyl groups excluding tert-OH is 1. The summed E-state index contributed by atoms with van der Waals surface area (Å²) >= 11 is 0. The number of ether oxygens (including phenoxy) is 1. The Morgan fingerprint density at radius 2 is 2.28 bits per heavy atom. The van der Waals surface area contributed by atoms with Crippen molar-refractivity contribution in [1.82, 2.24) is 10.2 Å². The van der Waals surface area contributed by atoms with Gasteiger partial charge in [-0.25, -0.2) is 0 Å². The van der Waals surface area contributed by atoms with E-state index in [0.717, 1.165) is 32.7 Å². The average Bonchev–Trinajstić information content (AvgIpc) is 2.78. The second-order valence-corrected chi connectivity index (χ2v) is 5.91. The van der Waals surface area contributed by atoms with Crippen LogP contribution in [0.2, 0.25) is 0 Å². The monoisotopic (exact) mass is 258 g/mol. The highest BCUT2D eigenvalue weighted by Gasteiger charge is 2.31. The van der Waals surface area contributed by atoms with Crippen LogP contribution in [0, 0.1) is 5.92 Å². The van der Waals surface area contributed by atoms with Gasteiger partial charge in [0.25, 0.3) is 0 Å². The zero-order valence-electron chi connectivity index (χ0n) is 12.4. The van der Waals surface area contributed by atoms with Crippen LogP contribution in [0.1, 0.15) is 33.6 Å². The molecule has 0 aliphatic carbocycles. The maximum absolute atomic E-state index is 9.54. The highest BCUT2D eigenvalue weighted by Crippen LogP contribution is 2.23. The fourth-order valence-corrected chi connectivity index (χ4v) is 3.04. The molecule has 1 saturated heterocycles. The lowest BCUT2D eigenvalue weighted by molar-refractivity contribution is 0.117. The first-order valence-electron chi connectivity index (χ1n) is 7.13. The summed E-state index contributed by atoms with van der Waals surface area (Å²) < 4.78 is 5.24. The molecule has 1 aliphatic heterocycles. The number of nitrogens with one attached hydrogen (secondary N) is 1. The van der Waals surface area contributed by atoms with Crippen LogP contribution in [0.4, 0.5) is 0 Å². The molecule has 0 saturated carbocycles. The molecule has 3 unspecified atom stereocenters. The number of aliphatic hydroxyl groups is 1. The van der Waals surface area contributed by atoms with Gasteiger partial charge in [-0.3, -0.25) is 0 Å². The van der Waals surface area contributed by atoms with E-state index >= 15 is 0 Å². The second kappa shape index (κ2) is 7.43. The van der Waals surface area contributed by atoms with Gasteiger partial charge in [0.05, 0.1) is 13.2 Å².